The van der Waals surface area contributed by atoms with Gasteiger partial charge in [0.25, 0.3) is 0 Å². The first kappa shape index (κ1) is 18.6. The summed E-state index contributed by atoms with van der Waals surface area (Å²) in [6, 6.07) is 9.47. The van der Waals surface area contributed by atoms with Crippen molar-refractivity contribution in [3.63, 3.8) is 0 Å². The summed E-state index contributed by atoms with van der Waals surface area (Å²) in [5.41, 5.74) is 1.82. The molecule has 1 amide bonds. The molecule has 1 aromatic carbocycles. The minimum absolute atomic E-state index is 0.114. The highest BCUT2D eigenvalue weighted by Gasteiger charge is 2.28. The van der Waals surface area contributed by atoms with Crippen molar-refractivity contribution in [2.24, 2.45) is 0 Å². The number of aromatic nitrogens is 3. The molecule has 0 saturated carbocycles. The molecule has 1 aliphatic heterocycles. The SMILES string of the molecule is CC(C(=O)NCCc1ccccc1)n1cc(C2CCCS(=O)(=O)C2)nn1. The van der Waals surface area contributed by atoms with Crippen LogP contribution in [0.15, 0.2) is 36.5 Å². The fourth-order valence-corrected chi connectivity index (χ4v) is 4.89. The third-order valence-corrected chi connectivity index (χ3v) is 6.56. The Bertz CT molecular complexity index is 848. The van der Waals surface area contributed by atoms with E-state index in [1.807, 2.05) is 30.3 Å². The molecule has 3 rings (SSSR count). The van der Waals surface area contributed by atoms with Crippen LogP contribution in [0.25, 0.3) is 0 Å². The maximum absolute atomic E-state index is 12.3. The molecular formula is C18H24N4O3S. The Balaban J connectivity index is 1.55. The van der Waals surface area contributed by atoms with Gasteiger partial charge in [-0.2, -0.15) is 0 Å². The van der Waals surface area contributed by atoms with Crippen molar-refractivity contribution < 1.29 is 13.2 Å². The van der Waals surface area contributed by atoms with E-state index in [1.165, 1.54) is 10.2 Å². The van der Waals surface area contributed by atoms with Crippen molar-refractivity contribution in [2.45, 2.75) is 38.1 Å². The quantitative estimate of drug-likeness (QED) is 0.824. The van der Waals surface area contributed by atoms with Gasteiger partial charge in [-0.15, -0.1) is 5.10 Å². The van der Waals surface area contributed by atoms with E-state index in [2.05, 4.69) is 15.6 Å². The predicted molar refractivity (Wildman–Crippen MR) is 98.5 cm³/mol. The van der Waals surface area contributed by atoms with Gasteiger partial charge >= 0.3 is 0 Å². The zero-order valence-corrected chi connectivity index (χ0v) is 15.7. The van der Waals surface area contributed by atoms with Crippen LogP contribution in [-0.2, 0) is 21.1 Å². The fourth-order valence-electron chi connectivity index (χ4n) is 3.17. The van der Waals surface area contributed by atoms with Gasteiger partial charge in [-0.3, -0.25) is 4.79 Å². The van der Waals surface area contributed by atoms with E-state index >= 15 is 0 Å². The first-order chi connectivity index (χ1) is 12.4. The summed E-state index contributed by atoms with van der Waals surface area (Å²) in [6.45, 7) is 2.31. The zero-order valence-electron chi connectivity index (χ0n) is 14.8. The Morgan fingerprint density at radius 2 is 2.12 bits per heavy atom. The van der Waals surface area contributed by atoms with Crippen molar-refractivity contribution in [3.05, 3.63) is 47.8 Å². The number of benzene rings is 1. The van der Waals surface area contributed by atoms with Crippen molar-refractivity contribution in [2.75, 3.05) is 18.1 Å². The average molecular weight is 376 g/mol. The number of sulfone groups is 1. The monoisotopic (exact) mass is 376 g/mol. The molecule has 0 aliphatic carbocycles. The molecule has 1 aliphatic rings. The molecule has 7 nitrogen and oxygen atoms in total. The van der Waals surface area contributed by atoms with Gasteiger partial charge in [-0.25, -0.2) is 13.1 Å². The molecule has 140 valence electrons. The second kappa shape index (κ2) is 7.99. The van der Waals surface area contributed by atoms with Gasteiger partial charge in [-0.1, -0.05) is 35.5 Å². The van der Waals surface area contributed by atoms with E-state index < -0.39 is 15.9 Å². The van der Waals surface area contributed by atoms with Crippen LogP contribution in [0.5, 0.6) is 0 Å². The van der Waals surface area contributed by atoms with Crippen LogP contribution in [-0.4, -0.2) is 47.4 Å². The van der Waals surface area contributed by atoms with E-state index in [4.69, 9.17) is 0 Å². The summed E-state index contributed by atoms with van der Waals surface area (Å²) in [4.78, 5) is 12.3. The average Bonchev–Trinajstić information content (AvgIpc) is 3.11. The molecule has 1 aromatic heterocycles. The van der Waals surface area contributed by atoms with Crippen molar-refractivity contribution in [1.82, 2.24) is 20.3 Å². The number of hydrogen-bond acceptors (Lipinski definition) is 5. The number of carbonyl (C=O) groups excluding carboxylic acids is 1. The van der Waals surface area contributed by atoms with E-state index in [1.54, 1.807) is 13.1 Å². The number of nitrogens with one attached hydrogen (secondary N) is 1. The van der Waals surface area contributed by atoms with Crippen molar-refractivity contribution >= 4 is 15.7 Å². The number of amides is 1. The largest absolute Gasteiger partial charge is 0.354 e. The molecule has 2 aromatic rings. The van der Waals surface area contributed by atoms with Gasteiger partial charge < -0.3 is 5.32 Å². The lowest BCUT2D eigenvalue weighted by molar-refractivity contribution is -0.124. The van der Waals surface area contributed by atoms with Crippen molar-refractivity contribution in [3.8, 4) is 0 Å². The van der Waals surface area contributed by atoms with Crippen LogP contribution in [0.1, 0.15) is 43.0 Å². The first-order valence-corrected chi connectivity index (χ1v) is 10.7. The number of rotatable bonds is 6. The molecule has 2 atom stereocenters. The molecule has 0 bridgehead atoms. The van der Waals surface area contributed by atoms with Crippen LogP contribution in [0.4, 0.5) is 0 Å². The molecule has 2 heterocycles. The number of nitrogens with zero attached hydrogens (tertiary/aromatic N) is 3. The van der Waals surface area contributed by atoms with Crippen LogP contribution >= 0.6 is 0 Å². The van der Waals surface area contributed by atoms with E-state index in [9.17, 15) is 13.2 Å². The van der Waals surface area contributed by atoms with Gasteiger partial charge in [0.15, 0.2) is 9.84 Å². The zero-order chi connectivity index (χ0) is 18.6. The Kier molecular flexibility index (Phi) is 5.70. The van der Waals surface area contributed by atoms with Crippen LogP contribution < -0.4 is 5.32 Å². The summed E-state index contributed by atoms with van der Waals surface area (Å²) in [5.74, 6) is 0.103. The maximum atomic E-state index is 12.3. The summed E-state index contributed by atoms with van der Waals surface area (Å²) in [6.07, 6.45) is 3.90. The van der Waals surface area contributed by atoms with Crippen LogP contribution in [0.3, 0.4) is 0 Å². The molecule has 0 radical (unpaired) electrons. The van der Waals surface area contributed by atoms with E-state index in [-0.39, 0.29) is 23.3 Å². The third-order valence-electron chi connectivity index (χ3n) is 4.74. The number of carbonyl (C=O) groups is 1. The van der Waals surface area contributed by atoms with Crippen LogP contribution in [0, 0.1) is 0 Å². The molecule has 1 N–H and O–H groups in total. The summed E-state index contributed by atoms with van der Waals surface area (Å²) in [7, 11) is -3.00. The normalized spacial score (nSPS) is 20.4. The summed E-state index contributed by atoms with van der Waals surface area (Å²) < 4.78 is 25.1. The van der Waals surface area contributed by atoms with Gasteiger partial charge in [-0.05, 0) is 31.7 Å². The third kappa shape index (κ3) is 4.69. The maximum Gasteiger partial charge on any atom is 0.244 e. The molecule has 0 spiro atoms. The lowest BCUT2D eigenvalue weighted by Gasteiger charge is -2.19. The molecule has 8 heteroatoms. The second-order valence-electron chi connectivity index (χ2n) is 6.78. The number of hydrogen-bond donors (Lipinski definition) is 1. The molecule has 1 fully saturated rings. The van der Waals surface area contributed by atoms with Gasteiger partial charge in [0, 0.05) is 18.7 Å². The first-order valence-electron chi connectivity index (χ1n) is 8.88. The van der Waals surface area contributed by atoms with Crippen LogP contribution in [0.2, 0.25) is 0 Å². The van der Waals surface area contributed by atoms with Gasteiger partial charge in [0.05, 0.1) is 17.2 Å². The highest BCUT2D eigenvalue weighted by Crippen LogP contribution is 2.27. The Morgan fingerprint density at radius 3 is 2.85 bits per heavy atom. The second-order valence-corrected chi connectivity index (χ2v) is 9.01. The predicted octanol–water partition coefficient (Wildman–Crippen LogP) is 1.49. The van der Waals surface area contributed by atoms with Gasteiger partial charge in [0.2, 0.25) is 5.91 Å². The lowest BCUT2D eigenvalue weighted by atomic mass is 10.0. The van der Waals surface area contributed by atoms with Crippen molar-refractivity contribution in [1.29, 1.82) is 0 Å². The topological polar surface area (TPSA) is 94.0 Å². The Morgan fingerprint density at radius 1 is 1.35 bits per heavy atom. The van der Waals surface area contributed by atoms with E-state index in [0.29, 0.717) is 18.7 Å². The van der Waals surface area contributed by atoms with E-state index in [0.717, 1.165) is 12.8 Å². The molecule has 26 heavy (non-hydrogen) atoms. The van der Waals surface area contributed by atoms with Gasteiger partial charge in [0.1, 0.15) is 6.04 Å². The summed E-state index contributed by atoms with van der Waals surface area (Å²) in [5, 5.41) is 11.1. The highest BCUT2D eigenvalue weighted by atomic mass is 32.2. The standard InChI is InChI=1S/C18H24N4O3S/c1-14(18(23)19-10-9-15-6-3-2-4-7-15)22-12-17(20-21-22)16-8-5-11-26(24,25)13-16/h2-4,6-7,12,14,16H,5,8-11,13H2,1H3,(H,19,23). The lowest BCUT2D eigenvalue weighted by Crippen LogP contribution is -2.32. The molecule has 2 unspecified atom stereocenters. The minimum atomic E-state index is -3.00. The Labute approximate surface area is 153 Å². The fraction of sp³-hybridized carbons (Fsp3) is 0.500. The molecule has 1 saturated heterocycles. The Hall–Kier alpha value is -2.22. The minimum Gasteiger partial charge on any atom is -0.354 e. The summed E-state index contributed by atoms with van der Waals surface area (Å²) >= 11 is 0. The molecular weight excluding hydrogens is 352 g/mol. The highest BCUT2D eigenvalue weighted by molar-refractivity contribution is 7.91. The smallest absolute Gasteiger partial charge is 0.244 e.